The summed E-state index contributed by atoms with van der Waals surface area (Å²) in [5, 5.41) is -0.724. The van der Waals surface area contributed by atoms with Crippen molar-refractivity contribution in [2.24, 2.45) is 0 Å². The third kappa shape index (κ3) is 4.74. The van der Waals surface area contributed by atoms with E-state index < -0.39 is 17.0 Å². The molecule has 5 nitrogen and oxygen atoms in total. The van der Waals surface area contributed by atoms with E-state index in [4.69, 9.17) is 25.8 Å². The molecule has 0 aliphatic carbocycles. The van der Waals surface area contributed by atoms with Crippen LogP contribution in [0.3, 0.4) is 0 Å². The van der Waals surface area contributed by atoms with E-state index in [1.807, 2.05) is 0 Å². The summed E-state index contributed by atoms with van der Waals surface area (Å²) in [6, 6.07) is 0. The lowest BCUT2D eigenvalue weighted by molar-refractivity contribution is -0.154. The van der Waals surface area contributed by atoms with Crippen molar-refractivity contribution in [3.63, 3.8) is 0 Å². The molecule has 1 aliphatic rings. The molecule has 0 aromatic carbocycles. The molecule has 0 bridgehead atoms. The summed E-state index contributed by atoms with van der Waals surface area (Å²) in [5.41, 5.74) is 0. The van der Waals surface area contributed by atoms with Crippen LogP contribution < -0.4 is 0 Å². The molecule has 1 rings (SSSR count). The van der Waals surface area contributed by atoms with Crippen molar-refractivity contribution >= 4 is 22.8 Å². The van der Waals surface area contributed by atoms with E-state index in [2.05, 4.69) is 0 Å². The summed E-state index contributed by atoms with van der Waals surface area (Å²) in [4.78, 5) is 21.4. The van der Waals surface area contributed by atoms with Gasteiger partial charge in [0.05, 0.1) is 6.61 Å². The van der Waals surface area contributed by atoms with Crippen LogP contribution in [0.1, 0.15) is 13.8 Å². The molecule has 0 amide bonds. The summed E-state index contributed by atoms with van der Waals surface area (Å²) >= 11 is 5.01. The van der Waals surface area contributed by atoms with Crippen LogP contribution in [-0.4, -0.2) is 36.3 Å². The van der Waals surface area contributed by atoms with Gasteiger partial charge in [-0.15, -0.1) is 0 Å². The van der Waals surface area contributed by atoms with Crippen LogP contribution in [0.2, 0.25) is 0 Å². The summed E-state index contributed by atoms with van der Waals surface area (Å²) in [6.45, 7) is 4.02. The molecule has 1 unspecified atom stereocenters. The molecule has 1 atom stereocenters. The van der Waals surface area contributed by atoms with E-state index in [1.54, 1.807) is 13.8 Å². The maximum Gasteiger partial charge on any atom is 0.331 e. The molecular weight excluding hydrogens is 236 g/mol. The van der Waals surface area contributed by atoms with Gasteiger partial charge >= 0.3 is 5.97 Å². The van der Waals surface area contributed by atoms with Crippen molar-refractivity contribution in [3.8, 4) is 0 Å². The molecule has 16 heavy (non-hydrogen) atoms. The zero-order valence-corrected chi connectivity index (χ0v) is 9.82. The van der Waals surface area contributed by atoms with Crippen LogP contribution in [0.4, 0.5) is 0 Å². The topological polar surface area (TPSA) is 61.8 Å². The number of hydrogen-bond acceptors (Lipinski definition) is 5. The Bertz CT molecular complexity index is 310. The van der Waals surface area contributed by atoms with E-state index in [0.717, 1.165) is 12.2 Å². The minimum absolute atomic E-state index is 0.0864. The second-order valence-corrected chi connectivity index (χ2v) is 4.09. The number of ether oxygens (including phenoxy) is 3. The fraction of sp³-hybridized carbons (Fsp3) is 0.600. The molecule has 1 heterocycles. The van der Waals surface area contributed by atoms with Crippen LogP contribution >= 0.6 is 11.6 Å². The maximum atomic E-state index is 11.0. The smallest absolute Gasteiger partial charge is 0.331 e. The lowest BCUT2D eigenvalue weighted by Crippen LogP contribution is -2.24. The summed E-state index contributed by atoms with van der Waals surface area (Å²) < 4.78 is 15.5. The molecule has 1 aliphatic heterocycles. The fourth-order valence-electron chi connectivity index (χ4n) is 1.20. The van der Waals surface area contributed by atoms with E-state index in [1.165, 1.54) is 0 Å². The average molecular weight is 249 g/mol. The highest BCUT2D eigenvalue weighted by Gasteiger charge is 2.33. The standard InChI is InChI=1S/C10H13ClO5/c1-10(2)15-6-7(16-10)5-14-9(13)4-3-8(11)12/h3-4,7H,5-6H2,1-2H3/b4-3+. The minimum atomic E-state index is -0.724. The summed E-state index contributed by atoms with van der Waals surface area (Å²) in [6.07, 6.45) is 1.62. The van der Waals surface area contributed by atoms with E-state index in [-0.39, 0.29) is 12.7 Å². The SMILES string of the molecule is CC1(C)OCC(COC(=O)/C=C/C(=O)Cl)O1. The Balaban J connectivity index is 2.25. The van der Waals surface area contributed by atoms with Crippen molar-refractivity contribution in [2.45, 2.75) is 25.7 Å². The van der Waals surface area contributed by atoms with Gasteiger partial charge in [-0.25, -0.2) is 4.79 Å². The van der Waals surface area contributed by atoms with E-state index >= 15 is 0 Å². The van der Waals surface area contributed by atoms with E-state index in [9.17, 15) is 9.59 Å². The number of carbonyl (C=O) groups is 2. The lowest BCUT2D eigenvalue weighted by atomic mass is 10.4. The number of hydrogen-bond donors (Lipinski definition) is 0. The Morgan fingerprint density at radius 2 is 2.19 bits per heavy atom. The molecule has 6 heteroatoms. The monoisotopic (exact) mass is 248 g/mol. The fourth-order valence-corrected chi connectivity index (χ4v) is 1.26. The van der Waals surface area contributed by atoms with Crippen molar-refractivity contribution in [3.05, 3.63) is 12.2 Å². The Labute approximate surface area is 98.3 Å². The molecule has 0 radical (unpaired) electrons. The first-order valence-electron chi connectivity index (χ1n) is 4.75. The van der Waals surface area contributed by atoms with Gasteiger partial charge in [0.2, 0.25) is 5.24 Å². The molecule has 1 saturated heterocycles. The first-order chi connectivity index (χ1) is 7.39. The molecule has 0 aromatic heterocycles. The third-order valence-corrected chi connectivity index (χ3v) is 1.96. The quantitative estimate of drug-likeness (QED) is 0.422. The van der Waals surface area contributed by atoms with Gasteiger partial charge in [0.25, 0.3) is 0 Å². The first-order valence-corrected chi connectivity index (χ1v) is 5.13. The second-order valence-electron chi connectivity index (χ2n) is 3.72. The van der Waals surface area contributed by atoms with Gasteiger partial charge in [-0.05, 0) is 25.4 Å². The lowest BCUT2D eigenvalue weighted by Gasteiger charge is -2.16. The molecule has 0 saturated carbocycles. The minimum Gasteiger partial charge on any atom is -0.460 e. The Kier molecular flexibility index (Phi) is 4.46. The zero-order chi connectivity index (χ0) is 12.2. The van der Waals surface area contributed by atoms with Gasteiger partial charge < -0.3 is 14.2 Å². The predicted octanol–water partition coefficient (Wildman–Crippen LogP) is 1.00. The van der Waals surface area contributed by atoms with Gasteiger partial charge in [0, 0.05) is 12.2 Å². The van der Waals surface area contributed by atoms with Crippen molar-refractivity contribution in [1.29, 1.82) is 0 Å². The van der Waals surface area contributed by atoms with E-state index in [0.29, 0.717) is 6.61 Å². The molecule has 90 valence electrons. The van der Waals surface area contributed by atoms with Gasteiger partial charge in [-0.2, -0.15) is 0 Å². The molecule has 0 aromatic rings. The predicted molar refractivity (Wildman–Crippen MR) is 55.9 cm³/mol. The number of esters is 1. The number of halogens is 1. The summed E-state index contributed by atoms with van der Waals surface area (Å²) in [5.74, 6) is -1.28. The van der Waals surface area contributed by atoms with Crippen LogP contribution in [0.15, 0.2) is 12.2 Å². The van der Waals surface area contributed by atoms with Crippen LogP contribution in [0, 0.1) is 0 Å². The van der Waals surface area contributed by atoms with Gasteiger partial charge in [0.1, 0.15) is 12.7 Å². The average Bonchev–Trinajstić information content (AvgIpc) is 2.52. The molecule has 1 fully saturated rings. The highest BCUT2D eigenvalue weighted by atomic mass is 35.5. The van der Waals surface area contributed by atoms with Crippen molar-refractivity contribution < 1.29 is 23.8 Å². The molecular formula is C10H13ClO5. The largest absolute Gasteiger partial charge is 0.460 e. The Morgan fingerprint density at radius 1 is 1.50 bits per heavy atom. The zero-order valence-electron chi connectivity index (χ0n) is 9.07. The molecule has 0 N–H and O–H groups in total. The summed E-state index contributed by atoms with van der Waals surface area (Å²) in [7, 11) is 0. The number of carbonyl (C=O) groups excluding carboxylic acids is 2. The van der Waals surface area contributed by atoms with Gasteiger partial charge in [-0.1, -0.05) is 0 Å². The van der Waals surface area contributed by atoms with Gasteiger partial charge in [0.15, 0.2) is 5.79 Å². The Morgan fingerprint density at radius 3 is 2.69 bits per heavy atom. The van der Waals surface area contributed by atoms with Gasteiger partial charge in [-0.3, -0.25) is 4.79 Å². The molecule has 0 spiro atoms. The highest BCUT2D eigenvalue weighted by Crippen LogP contribution is 2.22. The Hall–Kier alpha value is -0.910. The normalized spacial score (nSPS) is 23.6. The van der Waals surface area contributed by atoms with Crippen LogP contribution in [-0.2, 0) is 23.8 Å². The maximum absolute atomic E-state index is 11.0. The van der Waals surface area contributed by atoms with Crippen LogP contribution in [0.25, 0.3) is 0 Å². The van der Waals surface area contributed by atoms with Crippen molar-refractivity contribution in [1.82, 2.24) is 0 Å². The second kappa shape index (κ2) is 5.43. The first kappa shape index (κ1) is 13.2. The van der Waals surface area contributed by atoms with Crippen molar-refractivity contribution in [2.75, 3.05) is 13.2 Å². The third-order valence-electron chi connectivity index (χ3n) is 1.83. The van der Waals surface area contributed by atoms with Crippen LogP contribution in [0.5, 0.6) is 0 Å². The number of allylic oxidation sites excluding steroid dienone is 1. The number of rotatable bonds is 4. The highest BCUT2D eigenvalue weighted by molar-refractivity contribution is 6.66.